The number of thioether (sulfide) groups is 1. The summed E-state index contributed by atoms with van der Waals surface area (Å²) in [7, 11) is 3.32. The monoisotopic (exact) mass is 343 g/mol. The summed E-state index contributed by atoms with van der Waals surface area (Å²) in [6.45, 7) is 0.782. The van der Waals surface area contributed by atoms with Crippen LogP contribution in [-0.4, -0.2) is 31.6 Å². The van der Waals surface area contributed by atoms with Gasteiger partial charge in [0.1, 0.15) is 16.9 Å². The van der Waals surface area contributed by atoms with Crippen LogP contribution in [0.4, 0.5) is 0 Å². The van der Waals surface area contributed by atoms with Gasteiger partial charge in [0.25, 0.3) is 0 Å². The summed E-state index contributed by atoms with van der Waals surface area (Å²) in [4.78, 5) is 15.4. The van der Waals surface area contributed by atoms with Crippen LogP contribution in [0.25, 0.3) is 0 Å². The molecule has 0 N–H and O–H groups in total. The molecule has 1 atom stereocenters. The van der Waals surface area contributed by atoms with Gasteiger partial charge >= 0.3 is 0 Å². The minimum absolute atomic E-state index is 0.0930. The third-order valence-corrected chi connectivity index (χ3v) is 5.38. The second-order valence-corrected chi connectivity index (χ2v) is 6.73. The van der Waals surface area contributed by atoms with Crippen LogP contribution in [0.3, 0.4) is 0 Å². The summed E-state index contributed by atoms with van der Waals surface area (Å²) in [6.07, 6.45) is 1.53. The Bertz CT molecular complexity index is 702. The molecular weight excluding hydrogens is 322 g/mol. The molecule has 1 aliphatic heterocycles. The summed E-state index contributed by atoms with van der Waals surface area (Å²) < 4.78 is 10.7. The Hall–Kier alpha value is -2.14. The van der Waals surface area contributed by atoms with Crippen molar-refractivity contribution in [2.24, 2.45) is 0 Å². The summed E-state index contributed by atoms with van der Waals surface area (Å²) in [5, 5.41) is -0.0930. The zero-order valence-electron chi connectivity index (χ0n) is 13.9. The molecule has 126 valence electrons. The van der Waals surface area contributed by atoms with Gasteiger partial charge in [0.05, 0.1) is 14.2 Å². The quantitative estimate of drug-likeness (QED) is 0.740. The van der Waals surface area contributed by atoms with Gasteiger partial charge in [-0.3, -0.25) is 4.79 Å². The minimum atomic E-state index is -0.0930. The van der Waals surface area contributed by atoms with E-state index in [9.17, 15) is 4.79 Å². The molecule has 2 aromatic rings. The molecule has 1 fully saturated rings. The van der Waals surface area contributed by atoms with Gasteiger partial charge < -0.3 is 14.4 Å². The first-order valence-corrected chi connectivity index (χ1v) is 8.84. The number of likely N-dealkylation sites (tertiary alicyclic amines) is 1. The van der Waals surface area contributed by atoms with Gasteiger partial charge in [0.15, 0.2) is 0 Å². The van der Waals surface area contributed by atoms with Crippen LogP contribution in [0.2, 0.25) is 0 Å². The first kappa shape index (κ1) is 16.7. The van der Waals surface area contributed by atoms with Crippen LogP contribution in [0.5, 0.6) is 11.5 Å². The summed E-state index contributed by atoms with van der Waals surface area (Å²) in [6, 6.07) is 15.8. The molecule has 1 amide bonds. The number of hydrogen-bond donors (Lipinski definition) is 0. The van der Waals surface area contributed by atoms with Gasteiger partial charge in [-0.05, 0) is 36.8 Å². The lowest BCUT2D eigenvalue weighted by Crippen LogP contribution is -2.28. The molecule has 0 saturated carbocycles. The predicted octanol–water partition coefficient (Wildman–Crippen LogP) is 4.12. The molecule has 0 bridgehead atoms. The number of benzene rings is 2. The number of ether oxygens (including phenoxy) is 2. The number of para-hydroxylation sites is 1. The molecule has 1 unspecified atom stereocenters. The second-order valence-electron chi connectivity index (χ2n) is 5.58. The SMILES string of the molecule is COc1ccc(SC(c2ccccc2OC)N2CCCC2=O)cc1. The number of rotatable bonds is 6. The molecule has 1 heterocycles. The maximum absolute atomic E-state index is 12.3. The van der Waals surface area contributed by atoms with Crippen LogP contribution in [-0.2, 0) is 4.79 Å². The number of methoxy groups -OCH3 is 2. The van der Waals surface area contributed by atoms with Gasteiger partial charge in [-0.25, -0.2) is 0 Å². The van der Waals surface area contributed by atoms with E-state index in [0.29, 0.717) is 6.42 Å². The van der Waals surface area contributed by atoms with Crippen LogP contribution >= 0.6 is 11.8 Å². The van der Waals surface area contributed by atoms with Gasteiger partial charge in [-0.2, -0.15) is 0 Å². The third-order valence-electron chi connectivity index (χ3n) is 4.11. The first-order chi connectivity index (χ1) is 11.7. The Kier molecular flexibility index (Phi) is 5.30. The highest BCUT2D eigenvalue weighted by atomic mass is 32.2. The second kappa shape index (κ2) is 7.62. The molecule has 1 aliphatic rings. The van der Waals surface area contributed by atoms with E-state index in [-0.39, 0.29) is 11.3 Å². The van der Waals surface area contributed by atoms with E-state index < -0.39 is 0 Å². The average Bonchev–Trinajstić information content (AvgIpc) is 3.06. The molecule has 0 radical (unpaired) electrons. The molecule has 3 rings (SSSR count). The Morgan fingerprint density at radius 3 is 2.42 bits per heavy atom. The molecule has 0 spiro atoms. The van der Waals surface area contributed by atoms with E-state index in [1.807, 2.05) is 53.4 Å². The van der Waals surface area contributed by atoms with Crippen molar-refractivity contribution in [1.29, 1.82) is 0 Å². The average molecular weight is 343 g/mol. The van der Waals surface area contributed by atoms with Gasteiger partial charge in [0, 0.05) is 23.4 Å². The number of hydrogen-bond acceptors (Lipinski definition) is 4. The van der Waals surface area contributed by atoms with Gasteiger partial charge in [-0.1, -0.05) is 30.0 Å². The fraction of sp³-hybridized carbons (Fsp3) is 0.316. The van der Waals surface area contributed by atoms with Crippen LogP contribution in [0.1, 0.15) is 23.8 Å². The summed E-state index contributed by atoms with van der Waals surface area (Å²) in [5.41, 5.74) is 1.02. The molecule has 0 aliphatic carbocycles. The lowest BCUT2D eigenvalue weighted by atomic mass is 10.2. The molecule has 0 aromatic heterocycles. The van der Waals surface area contributed by atoms with Crippen molar-refractivity contribution in [3.8, 4) is 11.5 Å². The minimum Gasteiger partial charge on any atom is -0.497 e. The maximum Gasteiger partial charge on any atom is 0.223 e. The standard InChI is InChI=1S/C19H21NO3S/c1-22-14-9-11-15(12-10-14)24-19(20-13-5-8-18(20)21)16-6-3-4-7-17(16)23-2/h3-4,6-7,9-12,19H,5,8,13H2,1-2H3. The Balaban J connectivity index is 1.93. The Morgan fingerprint density at radius 2 is 1.79 bits per heavy atom. The Morgan fingerprint density at radius 1 is 1.04 bits per heavy atom. The van der Waals surface area contributed by atoms with Crippen molar-refractivity contribution in [3.05, 3.63) is 54.1 Å². The topological polar surface area (TPSA) is 38.8 Å². The zero-order valence-corrected chi connectivity index (χ0v) is 14.7. The molecule has 5 heteroatoms. The summed E-state index contributed by atoms with van der Waals surface area (Å²) >= 11 is 1.66. The van der Waals surface area contributed by atoms with E-state index in [4.69, 9.17) is 9.47 Å². The smallest absolute Gasteiger partial charge is 0.223 e. The van der Waals surface area contributed by atoms with Crippen molar-refractivity contribution >= 4 is 17.7 Å². The number of carbonyl (C=O) groups excluding carboxylic acids is 1. The lowest BCUT2D eigenvalue weighted by molar-refractivity contribution is -0.128. The van der Waals surface area contributed by atoms with Crippen LogP contribution in [0, 0.1) is 0 Å². The van der Waals surface area contributed by atoms with Crippen LogP contribution in [0.15, 0.2) is 53.4 Å². The van der Waals surface area contributed by atoms with E-state index in [0.717, 1.165) is 34.9 Å². The largest absolute Gasteiger partial charge is 0.497 e. The van der Waals surface area contributed by atoms with E-state index in [1.165, 1.54) is 0 Å². The van der Waals surface area contributed by atoms with Crippen molar-refractivity contribution in [1.82, 2.24) is 4.90 Å². The van der Waals surface area contributed by atoms with Crippen LogP contribution < -0.4 is 9.47 Å². The maximum atomic E-state index is 12.3. The van der Waals surface area contributed by atoms with Crippen molar-refractivity contribution in [3.63, 3.8) is 0 Å². The highest BCUT2D eigenvalue weighted by molar-refractivity contribution is 7.99. The molecule has 24 heavy (non-hydrogen) atoms. The lowest BCUT2D eigenvalue weighted by Gasteiger charge is -2.29. The van der Waals surface area contributed by atoms with E-state index in [1.54, 1.807) is 26.0 Å². The first-order valence-electron chi connectivity index (χ1n) is 7.96. The number of amides is 1. The van der Waals surface area contributed by atoms with Crippen molar-refractivity contribution in [2.45, 2.75) is 23.1 Å². The van der Waals surface area contributed by atoms with Crippen molar-refractivity contribution < 1.29 is 14.3 Å². The fourth-order valence-electron chi connectivity index (χ4n) is 2.87. The fourth-order valence-corrected chi connectivity index (χ4v) is 4.09. The van der Waals surface area contributed by atoms with E-state index >= 15 is 0 Å². The highest BCUT2D eigenvalue weighted by Crippen LogP contribution is 2.43. The third kappa shape index (κ3) is 3.51. The summed E-state index contributed by atoms with van der Waals surface area (Å²) in [5.74, 6) is 1.83. The zero-order chi connectivity index (χ0) is 16.9. The molecule has 4 nitrogen and oxygen atoms in total. The molecule has 1 saturated heterocycles. The normalized spacial score (nSPS) is 15.4. The van der Waals surface area contributed by atoms with Crippen molar-refractivity contribution in [2.75, 3.05) is 20.8 Å². The molecule has 2 aromatic carbocycles. The highest BCUT2D eigenvalue weighted by Gasteiger charge is 2.31. The molecular formula is C19H21NO3S. The number of carbonyl (C=O) groups is 1. The van der Waals surface area contributed by atoms with Gasteiger partial charge in [-0.15, -0.1) is 0 Å². The number of nitrogens with zero attached hydrogens (tertiary/aromatic N) is 1. The predicted molar refractivity (Wildman–Crippen MR) is 95.5 cm³/mol. The Labute approximate surface area is 146 Å². The van der Waals surface area contributed by atoms with Gasteiger partial charge in [0.2, 0.25) is 5.91 Å². The van der Waals surface area contributed by atoms with E-state index in [2.05, 4.69) is 0 Å².